The molecule has 3 amide bonds. The Morgan fingerprint density at radius 2 is 1.84 bits per heavy atom. The second-order valence-electron chi connectivity index (χ2n) is 6.91. The molecule has 2 N–H and O–H groups in total. The molecule has 0 atom stereocenters. The van der Waals surface area contributed by atoms with Gasteiger partial charge in [-0.25, -0.2) is 0 Å². The van der Waals surface area contributed by atoms with Crippen molar-refractivity contribution in [2.75, 3.05) is 16.8 Å². The van der Waals surface area contributed by atoms with Crippen LogP contribution in [0.1, 0.15) is 50.5 Å². The van der Waals surface area contributed by atoms with Crippen LogP contribution < -0.4 is 15.5 Å². The second-order valence-corrected chi connectivity index (χ2v) is 6.91. The predicted molar refractivity (Wildman–Crippen MR) is 96.4 cm³/mol. The van der Waals surface area contributed by atoms with E-state index in [0.717, 1.165) is 49.9 Å². The highest BCUT2D eigenvalue weighted by Gasteiger charge is 2.24. The van der Waals surface area contributed by atoms with Crippen LogP contribution in [0, 0.1) is 6.92 Å². The Bertz CT molecular complexity index is 680. The standard InChI is InChI=1S/C19H25N3O3/c1-13-12-15(9-10-16(13)22-11-5-8-17(22)23)21-19(25)18(24)20-14-6-3-2-4-7-14/h9-10,12,14H,2-8,11H2,1H3,(H,20,24)(H,21,25). The topological polar surface area (TPSA) is 78.5 Å². The minimum Gasteiger partial charge on any atom is -0.345 e. The van der Waals surface area contributed by atoms with Crippen molar-refractivity contribution >= 4 is 29.1 Å². The molecule has 2 fully saturated rings. The zero-order chi connectivity index (χ0) is 17.8. The number of benzene rings is 1. The van der Waals surface area contributed by atoms with E-state index in [-0.39, 0.29) is 11.9 Å². The third kappa shape index (κ3) is 4.18. The third-order valence-electron chi connectivity index (χ3n) is 4.97. The molecule has 3 rings (SSSR count). The summed E-state index contributed by atoms with van der Waals surface area (Å²) in [4.78, 5) is 37.8. The molecule has 1 heterocycles. The van der Waals surface area contributed by atoms with E-state index in [1.54, 1.807) is 17.0 Å². The first kappa shape index (κ1) is 17.5. The number of carbonyl (C=O) groups excluding carboxylic acids is 3. The van der Waals surface area contributed by atoms with E-state index in [0.29, 0.717) is 12.1 Å². The molecule has 1 aromatic rings. The second kappa shape index (κ2) is 7.68. The maximum atomic E-state index is 12.1. The maximum absolute atomic E-state index is 12.1. The maximum Gasteiger partial charge on any atom is 0.313 e. The van der Waals surface area contributed by atoms with Crippen molar-refractivity contribution in [2.45, 2.75) is 57.9 Å². The van der Waals surface area contributed by atoms with Gasteiger partial charge in [0, 0.05) is 30.4 Å². The predicted octanol–water partition coefficient (Wildman–Crippen LogP) is 2.51. The van der Waals surface area contributed by atoms with Crippen LogP contribution in [0.25, 0.3) is 0 Å². The molecule has 6 nitrogen and oxygen atoms in total. The van der Waals surface area contributed by atoms with Crippen LogP contribution >= 0.6 is 0 Å². The number of nitrogens with zero attached hydrogens (tertiary/aromatic N) is 1. The molecule has 1 saturated heterocycles. The van der Waals surface area contributed by atoms with Crippen LogP contribution in [0.15, 0.2) is 18.2 Å². The van der Waals surface area contributed by atoms with Gasteiger partial charge in [-0.05, 0) is 49.9 Å². The van der Waals surface area contributed by atoms with E-state index in [1.807, 2.05) is 13.0 Å². The summed E-state index contributed by atoms with van der Waals surface area (Å²) in [6, 6.07) is 5.47. The van der Waals surface area contributed by atoms with Crippen LogP contribution in [0.3, 0.4) is 0 Å². The van der Waals surface area contributed by atoms with E-state index < -0.39 is 11.8 Å². The van der Waals surface area contributed by atoms with Crippen LogP contribution in [-0.2, 0) is 14.4 Å². The summed E-state index contributed by atoms with van der Waals surface area (Å²) >= 11 is 0. The van der Waals surface area contributed by atoms with Crippen LogP contribution in [0.5, 0.6) is 0 Å². The lowest BCUT2D eigenvalue weighted by atomic mass is 9.95. The van der Waals surface area contributed by atoms with Gasteiger partial charge in [0.05, 0.1) is 0 Å². The van der Waals surface area contributed by atoms with Gasteiger partial charge >= 0.3 is 11.8 Å². The van der Waals surface area contributed by atoms with Crippen molar-refractivity contribution in [3.63, 3.8) is 0 Å². The Morgan fingerprint density at radius 3 is 2.48 bits per heavy atom. The number of amides is 3. The number of rotatable bonds is 3. The van der Waals surface area contributed by atoms with Gasteiger partial charge in [-0.3, -0.25) is 14.4 Å². The Morgan fingerprint density at radius 1 is 1.08 bits per heavy atom. The van der Waals surface area contributed by atoms with E-state index in [9.17, 15) is 14.4 Å². The Kier molecular flexibility index (Phi) is 5.36. The molecule has 0 spiro atoms. The van der Waals surface area contributed by atoms with Gasteiger partial charge in [-0.2, -0.15) is 0 Å². The Labute approximate surface area is 148 Å². The molecule has 0 radical (unpaired) electrons. The summed E-state index contributed by atoms with van der Waals surface area (Å²) in [7, 11) is 0. The largest absolute Gasteiger partial charge is 0.345 e. The van der Waals surface area contributed by atoms with Crippen LogP contribution in [-0.4, -0.2) is 30.3 Å². The van der Waals surface area contributed by atoms with Crippen molar-refractivity contribution in [1.29, 1.82) is 0 Å². The van der Waals surface area contributed by atoms with Gasteiger partial charge in [0.1, 0.15) is 0 Å². The minimum atomic E-state index is -0.644. The first-order valence-electron chi connectivity index (χ1n) is 9.07. The molecule has 0 aromatic heterocycles. The SMILES string of the molecule is Cc1cc(NC(=O)C(=O)NC2CCCCC2)ccc1N1CCCC1=O. The zero-order valence-corrected chi connectivity index (χ0v) is 14.6. The molecule has 0 unspecified atom stereocenters. The summed E-state index contributed by atoms with van der Waals surface area (Å²) in [5.41, 5.74) is 2.34. The fourth-order valence-electron chi connectivity index (χ4n) is 3.62. The van der Waals surface area contributed by atoms with Gasteiger partial charge in [-0.15, -0.1) is 0 Å². The van der Waals surface area contributed by atoms with Gasteiger partial charge in [0.15, 0.2) is 0 Å². The fourth-order valence-corrected chi connectivity index (χ4v) is 3.62. The van der Waals surface area contributed by atoms with Gasteiger partial charge in [0.25, 0.3) is 0 Å². The average Bonchev–Trinajstić information content (AvgIpc) is 3.01. The molecule has 1 aromatic carbocycles. The molecule has 1 aliphatic heterocycles. The normalized spacial score (nSPS) is 18.3. The number of hydrogen-bond donors (Lipinski definition) is 2. The van der Waals surface area contributed by atoms with Crippen molar-refractivity contribution in [2.24, 2.45) is 0 Å². The number of aryl methyl sites for hydroxylation is 1. The monoisotopic (exact) mass is 343 g/mol. The first-order valence-corrected chi connectivity index (χ1v) is 9.07. The molecule has 6 heteroatoms. The molecule has 25 heavy (non-hydrogen) atoms. The lowest BCUT2D eigenvalue weighted by Crippen LogP contribution is -2.42. The first-order chi connectivity index (χ1) is 12.0. The lowest BCUT2D eigenvalue weighted by molar-refractivity contribution is -0.136. The van der Waals surface area contributed by atoms with Crippen LogP contribution in [0.4, 0.5) is 11.4 Å². The van der Waals surface area contributed by atoms with E-state index in [1.165, 1.54) is 6.42 Å². The molecule has 1 aliphatic carbocycles. The fraction of sp³-hybridized carbons (Fsp3) is 0.526. The minimum absolute atomic E-state index is 0.109. The molecule has 0 bridgehead atoms. The van der Waals surface area contributed by atoms with Gasteiger partial charge in [-0.1, -0.05) is 19.3 Å². The van der Waals surface area contributed by atoms with E-state index >= 15 is 0 Å². The zero-order valence-electron chi connectivity index (χ0n) is 14.6. The Hall–Kier alpha value is -2.37. The number of carbonyl (C=O) groups is 3. The average molecular weight is 343 g/mol. The highest BCUT2D eigenvalue weighted by Crippen LogP contribution is 2.27. The van der Waals surface area contributed by atoms with E-state index in [2.05, 4.69) is 10.6 Å². The smallest absolute Gasteiger partial charge is 0.313 e. The summed E-state index contributed by atoms with van der Waals surface area (Å²) in [6.07, 6.45) is 6.74. The molecule has 1 saturated carbocycles. The van der Waals surface area contributed by atoms with Crippen LogP contribution in [0.2, 0.25) is 0 Å². The molecular formula is C19H25N3O3. The number of hydrogen-bond acceptors (Lipinski definition) is 3. The van der Waals surface area contributed by atoms with Crippen molar-refractivity contribution in [3.05, 3.63) is 23.8 Å². The van der Waals surface area contributed by atoms with Gasteiger partial charge < -0.3 is 15.5 Å². The summed E-state index contributed by atoms with van der Waals surface area (Å²) in [6.45, 7) is 2.63. The Balaban J connectivity index is 1.60. The third-order valence-corrected chi connectivity index (χ3v) is 4.97. The van der Waals surface area contributed by atoms with E-state index in [4.69, 9.17) is 0 Å². The summed E-state index contributed by atoms with van der Waals surface area (Å²) < 4.78 is 0. The molecular weight excluding hydrogens is 318 g/mol. The molecule has 134 valence electrons. The quantitative estimate of drug-likeness (QED) is 0.828. The lowest BCUT2D eigenvalue weighted by Gasteiger charge is -2.22. The molecule has 2 aliphatic rings. The summed E-state index contributed by atoms with van der Waals surface area (Å²) in [5, 5.41) is 5.46. The summed E-state index contributed by atoms with van der Waals surface area (Å²) in [5.74, 6) is -1.09. The highest BCUT2D eigenvalue weighted by atomic mass is 16.2. The van der Waals surface area contributed by atoms with Crippen molar-refractivity contribution in [1.82, 2.24) is 5.32 Å². The number of anilines is 2. The van der Waals surface area contributed by atoms with Crippen molar-refractivity contribution < 1.29 is 14.4 Å². The highest BCUT2D eigenvalue weighted by molar-refractivity contribution is 6.39. The number of nitrogens with one attached hydrogen (secondary N) is 2. The van der Waals surface area contributed by atoms with Gasteiger partial charge in [0.2, 0.25) is 5.91 Å². The van der Waals surface area contributed by atoms with Crippen molar-refractivity contribution in [3.8, 4) is 0 Å².